The number of rotatable bonds is 4. The highest BCUT2D eigenvalue weighted by molar-refractivity contribution is 5.33. The molecule has 3 rings (SSSR count). The molecule has 1 aliphatic rings. The zero-order chi connectivity index (χ0) is 16.4. The van der Waals surface area contributed by atoms with Crippen LogP contribution in [0.25, 0.3) is 0 Å². The van der Waals surface area contributed by atoms with E-state index in [2.05, 4.69) is 15.3 Å². The summed E-state index contributed by atoms with van der Waals surface area (Å²) in [5, 5.41) is 3.12. The molecule has 0 aliphatic carbocycles. The molecule has 0 unspecified atom stereocenters. The summed E-state index contributed by atoms with van der Waals surface area (Å²) in [5.74, 6) is 0.466. The highest BCUT2D eigenvalue weighted by atomic mass is 19.4. The molecule has 0 fully saturated rings. The molecule has 0 saturated carbocycles. The summed E-state index contributed by atoms with van der Waals surface area (Å²) in [4.78, 5) is 8.57. The maximum atomic E-state index is 12.7. The number of ether oxygens (including phenoxy) is 1. The number of hydrogen-bond acceptors (Lipinski definition) is 4. The molecule has 1 N–H and O–H groups in total. The van der Waals surface area contributed by atoms with Gasteiger partial charge >= 0.3 is 6.18 Å². The number of aromatic nitrogens is 2. The van der Waals surface area contributed by atoms with Crippen LogP contribution in [0.5, 0.6) is 0 Å². The fourth-order valence-corrected chi connectivity index (χ4v) is 2.51. The van der Waals surface area contributed by atoms with Crippen molar-refractivity contribution in [2.75, 3.05) is 5.32 Å². The maximum Gasteiger partial charge on any atom is 0.416 e. The number of fused-ring (bicyclic) bond motifs is 1. The third kappa shape index (κ3) is 3.79. The summed E-state index contributed by atoms with van der Waals surface area (Å²) in [7, 11) is 0. The number of hydrogen-bond donors (Lipinski definition) is 1. The van der Waals surface area contributed by atoms with Gasteiger partial charge in [0.1, 0.15) is 0 Å². The summed E-state index contributed by atoms with van der Waals surface area (Å²) in [6, 6.07) is 5.26. The van der Waals surface area contributed by atoms with Crippen LogP contribution in [-0.2, 0) is 30.5 Å². The van der Waals surface area contributed by atoms with Gasteiger partial charge in [-0.1, -0.05) is 18.2 Å². The first-order valence-corrected chi connectivity index (χ1v) is 7.27. The van der Waals surface area contributed by atoms with Crippen molar-refractivity contribution in [3.63, 3.8) is 0 Å². The average molecular weight is 323 g/mol. The van der Waals surface area contributed by atoms with E-state index in [0.29, 0.717) is 31.1 Å². The third-order valence-electron chi connectivity index (χ3n) is 3.62. The van der Waals surface area contributed by atoms with Crippen LogP contribution in [0, 0.1) is 0 Å². The highest BCUT2D eigenvalue weighted by Crippen LogP contribution is 2.29. The van der Waals surface area contributed by atoms with Gasteiger partial charge in [0.15, 0.2) is 0 Å². The van der Waals surface area contributed by atoms with E-state index in [4.69, 9.17) is 4.74 Å². The average Bonchev–Trinajstić information content (AvgIpc) is 2.94. The normalized spacial score (nSPS) is 15.3. The Balaban J connectivity index is 1.66. The summed E-state index contributed by atoms with van der Waals surface area (Å²) in [5.41, 5.74) is 1.81. The van der Waals surface area contributed by atoms with Gasteiger partial charge in [0.2, 0.25) is 5.95 Å². The number of nitrogens with zero attached hydrogens (tertiary/aromatic N) is 2. The van der Waals surface area contributed by atoms with Gasteiger partial charge in [-0.05, 0) is 25.0 Å². The molecule has 0 radical (unpaired) electrons. The van der Waals surface area contributed by atoms with E-state index < -0.39 is 11.7 Å². The number of nitrogens with one attached hydrogen (secondary N) is 1. The Labute approximate surface area is 131 Å². The lowest BCUT2D eigenvalue weighted by Gasteiger charge is -2.15. The van der Waals surface area contributed by atoms with Crippen LogP contribution in [0.3, 0.4) is 0 Å². The molecule has 0 bridgehead atoms. The minimum absolute atomic E-state index is 0.0983. The second-order valence-electron chi connectivity index (χ2n) is 5.61. The van der Waals surface area contributed by atoms with Crippen molar-refractivity contribution in [3.8, 4) is 0 Å². The molecule has 122 valence electrons. The molecule has 23 heavy (non-hydrogen) atoms. The molecule has 0 saturated heterocycles. The highest BCUT2D eigenvalue weighted by Gasteiger charge is 2.30. The van der Waals surface area contributed by atoms with Crippen LogP contribution >= 0.6 is 0 Å². The summed E-state index contributed by atoms with van der Waals surface area (Å²) < 4.78 is 43.5. The Morgan fingerprint density at radius 2 is 2.13 bits per heavy atom. The van der Waals surface area contributed by atoms with Crippen LogP contribution in [0.15, 0.2) is 30.5 Å². The summed E-state index contributed by atoms with van der Waals surface area (Å²) in [6.07, 6.45) is -2.16. The van der Waals surface area contributed by atoms with Crippen molar-refractivity contribution in [3.05, 3.63) is 52.8 Å². The van der Waals surface area contributed by atoms with E-state index in [1.807, 2.05) is 6.92 Å². The zero-order valence-electron chi connectivity index (χ0n) is 12.5. The molecule has 2 heterocycles. The predicted molar refractivity (Wildman–Crippen MR) is 78.8 cm³/mol. The SMILES string of the molecule is C[C@H](Cc1cccc(C(F)(F)F)c1)Nc1ncc2c(n1)COC2. The smallest absolute Gasteiger partial charge is 0.370 e. The molecule has 0 spiro atoms. The van der Waals surface area contributed by atoms with Crippen molar-refractivity contribution in [2.45, 2.75) is 38.8 Å². The molecular weight excluding hydrogens is 307 g/mol. The number of benzene rings is 1. The fraction of sp³-hybridized carbons (Fsp3) is 0.375. The predicted octanol–water partition coefficient (Wildman–Crippen LogP) is 3.57. The van der Waals surface area contributed by atoms with Crippen LogP contribution in [0.4, 0.5) is 19.1 Å². The van der Waals surface area contributed by atoms with Crippen LogP contribution < -0.4 is 5.32 Å². The first-order valence-electron chi connectivity index (χ1n) is 7.27. The number of halogens is 3. The van der Waals surface area contributed by atoms with Gasteiger partial charge in [0, 0.05) is 17.8 Å². The van der Waals surface area contributed by atoms with Crippen molar-refractivity contribution < 1.29 is 17.9 Å². The van der Waals surface area contributed by atoms with E-state index in [-0.39, 0.29) is 6.04 Å². The third-order valence-corrected chi connectivity index (χ3v) is 3.62. The van der Waals surface area contributed by atoms with Gasteiger partial charge in [-0.15, -0.1) is 0 Å². The van der Waals surface area contributed by atoms with Gasteiger partial charge in [-0.2, -0.15) is 13.2 Å². The van der Waals surface area contributed by atoms with Crippen LogP contribution in [0.2, 0.25) is 0 Å². The van der Waals surface area contributed by atoms with Crippen LogP contribution in [-0.4, -0.2) is 16.0 Å². The largest absolute Gasteiger partial charge is 0.416 e. The molecule has 7 heteroatoms. The zero-order valence-corrected chi connectivity index (χ0v) is 12.5. The quantitative estimate of drug-likeness (QED) is 0.934. The molecule has 4 nitrogen and oxygen atoms in total. The molecule has 1 atom stereocenters. The van der Waals surface area contributed by atoms with Crippen molar-refractivity contribution >= 4 is 5.95 Å². The second-order valence-corrected chi connectivity index (χ2v) is 5.61. The van der Waals surface area contributed by atoms with Crippen molar-refractivity contribution in [2.24, 2.45) is 0 Å². The Bertz CT molecular complexity index is 703. The Kier molecular flexibility index (Phi) is 4.21. The first kappa shape index (κ1) is 15.7. The summed E-state index contributed by atoms with van der Waals surface area (Å²) in [6.45, 7) is 2.87. The monoisotopic (exact) mass is 323 g/mol. The molecule has 1 aromatic carbocycles. The lowest BCUT2D eigenvalue weighted by atomic mass is 10.0. The number of alkyl halides is 3. The van der Waals surface area contributed by atoms with Crippen molar-refractivity contribution in [1.29, 1.82) is 0 Å². The van der Waals surface area contributed by atoms with E-state index in [1.54, 1.807) is 12.3 Å². The maximum absolute atomic E-state index is 12.7. The first-order chi connectivity index (χ1) is 10.9. The minimum atomic E-state index is -4.32. The summed E-state index contributed by atoms with van der Waals surface area (Å²) >= 11 is 0. The van der Waals surface area contributed by atoms with E-state index >= 15 is 0 Å². The minimum Gasteiger partial charge on any atom is -0.370 e. The second kappa shape index (κ2) is 6.16. The molecule has 0 amide bonds. The van der Waals surface area contributed by atoms with Gasteiger partial charge in [-0.25, -0.2) is 9.97 Å². The molecule has 2 aromatic rings. The van der Waals surface area contributed by atoms with Crippen LogP contribution in [0.1, 0.15) is 29.3 Å². The Morgan fingerprint density at radius 3 is 2.91 bits per heavy atom. The van der Waals surface area contributed by atoms with E-state index in [0.717, 1.165) is 17.3 Å². The van der Waals surface area contributed by atoms with Gasteiger partial charge in [0.25, 0.3) is 0 Å². The fourth-order valence-electron chi connectivity index (χ4n) is 2.51. The Morgan fingerprint density at radius 1 is 1.30 bits per heavy atom. The standard InChI is InChI=1S/C16H16F3N3O/c1-10(5-11-3-2-4-13(6-11)16(17,18)19)21-15-20-7-12-8-23-9-14(12)22-15/h2-4,6-7,10H,5,8-9H2,1H3,(H,20,21,22)/t10-/m1/s1. The lowest BCUT2D eigenvalue weighted by molar-refractivity contribution is -0.137. The van der Waals surface area contributed by atoms with Gasteiger partial charge in [-0.3, -0.25) is 0 Å². The van der Waals surface area contributed by atoms with Crippen molar-refractivity contribution in [1.82, 2.24) is 9.97 Å². The Hall–Kier alpha value is -2.15. The molecule has 1 aliphatic heterocycles. The molecule has 1 aromatic heterocycles. The lowest BCUT2D eigenvalue weighted by Crippen LogP contribution is -2.20. The van der Waals surface area contributed by atoms with E-state index in [1.165, 1.54) is 12.1 Å². The topological polar surface area (TPSA) is 47.0 Å². The number of anilines is 1. The van der Waals surface area contributed by atoms with Gasteiger partial charge in [0.05, 0.1) is 24.5 Å². The van der Waals surface area contributed by atoms with Gasteiger partial charge < -0.3 is 10.1 Å². The van der Waals surface area contributed by atoms with E-state index in [9.17, 15) is 13.2 Å². The molecular formula is C16H16F3N3O.